The zero-order valence-electron chi connectivity index (χ0n) is 17.2. The van der Waals surface area contributed by atoms with Crippen molar-refractivity contribution < 1.29 is 19.1 Å². The van der Waals surface area contributed by atoms with Crippen LogP contribution < -0.4 is 15.0 Å². The van der Waals surface area contributed by atoms with Gasteiger partial charge >= 0.3 is 6.03 Å². The molecule has 2 aromatic carbocycles. The van der Waals surface area contributed by atoms with Gasteiger partial charge in [-0.05, 0) is 55.7 Å². The number of anilines is 2. The number of nitrogens with one attached hydrogen (secondary N) is 1. The van der Waals surface area contributed by atoms with Gasteiger partial charge in [0.15, 0.2) is 0 Å². The molecule has 2 fully saturated rings. The number of fused-ring (bicyclic) bond motifs is 1. The molecule has 1 aliphatic heterocycles. The number of methoxy groups -OCH3 is 1. The summed E-state index contributed by atoms with van der Waals surface area (Å²) < 4.78 is 5.13. The van der Waals surface area contributed by atoms with E-state index in [1.807, 2.05) is 6.07 Å². The van der Waals surface area contributed by atoms with Gasteiger partial charge in [-0.1, -0.05) is 34.1 Å². The van der Waals surface area contributed by atoms with E-state index < -0.39 is 6.03 Å². The van der Waals surface area contributed by atoms with E-state index in [-0.39, 0.29) is 35.1 Å². The lowest BCUT2D eigenvalue weighted by Gasteiger charge is -2.47. The van der Waals surface area contributed by atoms with Crippen LogP contribution in [0.2, 0.25) is 0 Å². The molecule has 31 heavy (non-hydrogen) atoms. The van der Waals surface area contributed by atoms with Crippen molar-refractivity contribution in [2.24, 2.45) is 5.92 Å². The maximum absolute atomic E-state index is 13.4. The summed E-state index contributed by atoms with van der Waals surface area (Å²) in [4.78, 5) is 42.4. The fourth-order valence-corrected chi connectivity index (χ4v) is 4.97. The van der Waals surface area contributed by atoms with E-state index in [1.165, 1.54) is 4.90 Å². The topological polar surface area (TPSA) is 79.0 Å². The van der Waals surface area contributed by atoms with Crippen LogP contribution in [0.25, 0.3) is 0 Å². The molecule has 3 unspecified atom stereocenters. The van der Waals surface area contributed by atoms with Crippen LogP contribution in [-0.4, -0.2) is 47.3 Å². The highest BCUT2D eigenvalue weighted by Crippen LogP contribution is 2.38. The van der Waals surface area contributed by atoms with Crippen LogP contribution in [0.3, 0.4) is 0 Å². The second-order valence-electron chi connectivity index (χ2n) is 7.78. The molecule has 1 saturated heterocycles. The van der Waals surface area contributed by atoms with Crippen molar-refractivity contribution in [1.82, 2.24) is 4.90 Å². The normalized spacial score (nSPS) is 23.4. The monoisotopic (exact) mass is 485 g/mol. The Hall–Kier alpha value is -2.87. The minimum Gasteiger partial charge on any atom is -0.497 e. The number of carbonyl (C=O) groups is 3. The molecule has 1 aliphatic carbocycles. The van der Waals surface area contributed by atoms with Crippen molar-refractivity contribution >= 4 is 45.2 Å². The molecular weight excluding hydrogens is 462 g/mol. The number of benzene rings is 2. The van der Waals surface area contributed by atoms with E-state index >= 15 is 0 Å². The fraction of sp³-hybridized carbons (Fsp3) is 0.348. The van der Waals surface area contributed by atoms with Gasteiger partial charge in [0, 0.05) is 16.6 Å². The summed E-state index contributed by atoms with van der Waals surface area (Å²) in [5, 5.41) is 2.83. The Morgan fingerprint density at radius 2 is 1.81 bits per heavy atom. The van der Waals surface area contributed by atoms with E-state index in [4.69, 9.17) is 4.74 Å². The Morgan fingerprint density at radius 1 is 1.10 bits per heavy atom. The van der Waals surface area contributed by atoms with Gasteiger partial charge in [0.1, 0.15) is 12.3 Å². The molecule has 2 aliphatic rings. The van der Waals surface area contributed by atoms with Crippen molar-refractivity contribution in [3.8, 4) is 5.75 Å². The maximum atomic E-state index is 13.4. The molecule has 162 valence electrons. The summed E-state index contributed by atoms with van der Waals surface area (Å²) in [7, 11) is 1.58. The Kier molecular flexibility index (Phi) is 6.27. The van der Waals surface area contributed by atoms with Crippen LogP contribution in [0, 0.1) is 5.92 Å². The third kappa shape index (κ3) is 4.44. The van der Waals surface area contributed by atoms with Gasteiger partial charge in [-0.3, -0.25) is 9.59 Å². The molecule has 2 aromatic rings. The highest BCUT2D eigenvalue weighted by Gasteiger charge is 2.49. The van der Waals surface area contributed by atoms with Crippen molar-refractivity contribution in [2.75, 3.05) is 23.9 Å². The lowest BCUT2D eigenvalue weighted by atomic mass is 9.81. The first kappa shape index (κ1) is 21.4. The number of alkyl halides is 1. The summed E-state index contributed by atoms with van der Waals surface area (Å²) >= 11 is 3.63. The number of carbonyl (C=O) groups excluding carboxylic acids is 3. The maximum Gasteiger partial charge on any atom is 0.332 e. The van der Waals surface area contributed by atoms with E-state index in [0.29, 0.717) is 30.0 Å². The molecule has 0 aromatic heterocycles. The molecule has 7 nitrogen and oxygen atoms in total. The van der Waals surface area contributed by atoms with Crippen LogP contribution >= 0.6 is 15.9 Å². The number of rotatable bonds is 5. The Labute approximate surface area is 189 Å². The molecule has 1 N–H and O–H groups in total. The first-order valence-electron chi connectivity index (χ1n) is 10.3. The summed E-state index contributed by atoms with van der Waals surface area (Å²) in [6.45, 7) is -0.115. The summed E-state index contributed by atoms with van der Waals surface area (Å²) in [5.74, 6) is -0.154. The van der Waals surface area contributed by atoms with Crippen LogP contribution in [-0.2, 0) is 9.59 Å². The largest absolute Gasteiger partial charge is 0.497 e. The zero-order valence-corrected chi connectivity index (χ0v) is 18.7. The van der Waals surface area contributed by atoms with Crippen LogP contribution in [0.5, 0.6) is 5.75 Å². The van der Waals surface area contributed by atoms with Gasteiger partial charge in [-0.25, -0.2) is 9.69 Å². The number of hydrogen-bond acceptors (Lipinski definition) is 4. The number of para-hydroxylation sites is 1. The Balaban J connectivity index is 1.57. The van der Waals surface area contributed by atoms with Crippen LogP contribution in [0.1, 0.15) is 19.3 Å². The number of nitrogens with zero attached hydrogens (tertiary/aromatic N) is 2. The minimum absolute atomic E-state index is 0.115. The molecule has 4 rings (SSSR count). The van der Waals surface area contributed by atoms with Crippen LogP contribution in [0.15, 0.2) is 54.6 Å². The average Bonchev–Trinajstić information content (AvgIpc) is 2.78. The lowest BCUT2D eigenvalue weighted by molar-refractivity contribution is -0.128. The van der Waals surface area contributed by atoms with Gasteiger partial charge in [-0.15, -0.1) is 0 Å². The van der Waals surface area contributed by atoms with E-state index in [1.54, 1.807) is 60.5 Å². The predicted molar refractivity (Wildman–Crippen MR) is 121 cm³/mol. The molecule has 0 spiro atoms. The predicted octanol–water partition coefficient (Wildman–Crippen LogP) is 4.03. The molecule has 4 amide bonds. The number of imide groups is 1. The van der Waals surface area contributed by atoms with Crippen molar-refractivity contribution in [1.29, 1.82) is 0 Å². The van der Waals surface area contributed by atoms with Gasteiger partial charge in [0.2, 0.25) is 11.8 Å². The molecule has 1 saturated carbocycles. The Morgan fingerprint density at radius 3 is 2.48 bits per heavy atom. The van der Waals surface area contributed by atoms with E-state index in [9.17, 15) is 14.4 Å². The number of halogens is 1. The Bertz CT molecular complexity index is 967. The van der Waals surface area contributed by atoms with E-state index in [2.05, 4.69) is 21.2 Å². The quantitative estimate of drug-likeness (QED) is 0.648. The number of amides is 4. The highest BCUT2D eigenvalue weighted by atomic mass is 79.9. The highest BCUT2D eigenvalue weighted by molar-refractivity contribution is 9.09. The third-order valence-electron chi connectivity index (χ3n) is 5.83. The number of urea groups is 1. The second-order valence-corrected chi connectivity index (χ2v) is 9.08. The molecule has 3 atom stereocenters. The van der Waals surface area contributed by atoms with Gasteiger partial charge in [0.25, 0.3) is 0 Å². The average molecular weight is 486 g/mol. The SMILES string of the molecule is COc1ccc(NC(=O)CN2C(=O)N(c3ccccc3)C(=O)C3CC(Br)CCC32)cc1. The standard InChI is InChI=1S/C23H24BrN3O4/c1-31-18-10-8-16(9-11-18)25-21(28)14-26-20-12-7-15(24)13-19(20)22(29)27(23(26)30)17-5-3-2-4-6-17/h2-6,8-11,15,19-20H,7,12-14H2,1H3,(H,25,28). The van der Waals surface area contributed by atoms with Crippen molar-refractivity contribution in [3.05, 3.63) is 54.6 Å². The smallest absolute Gasteiger partial charge is 0.332 e. The fourth-order valence-electron chi connectivity index (χ4n) is 4.30. The van der Waals surface area contributed by atoms with Crippen LogP contribution in [0.4, 0.5) is 16.2 Å². The molecular formula is C23H24BrN3O4. The zero-order chi connectivity index (χ0) is 22.0. The summed E-state index contributed by atoms with van der Waals surface area (Å²) in [6, 6.07) is 15.1. The van der Waals surface area contributed by atoms with Gasteiger partial charge in [0.05, 0.1) is 18.7 Å². The number of ether oxygens (including phenoxy) is 1. The summed E-state index contributed by atoms with van der Waals surface area (Å²) in [5.41, 5.74) is 1.14. The third-order valence-corrected chi connectivity index (χ3v) is 6.66. The van der Waals surface area contributed by atoms with Crippen molar-refractivity contribution in [3.63, 3.8) is 0 Å². The van der Waals surface area contributed by atoms with Crippen molar-refractivity contribution in [2.45, 2.75) is 30.1 Å². The van der Waals surface area contributed by atoms with Gasteiger partial charge < -0.3 is 15.0 Å². The lowest BCUT2D eigenvalue weighted by Crippen LogP contribution is -2.64. The second kappa shape index (κ2) is 9.09. The van der Waals surface area contributed by atoms with Gasteiger partial charge in [-0.2, -0.15) is 0 Å². The molecule has 0 radical (unpaired) electrons. The first-order chi connectivity index (χ1) is 15.0. The minimum atomic E-state index is -0.449. The molecule has 1 heterocycles. The summed E-state index contributed by atoms with van der Waals surface area (Å²) in [6.07, 6.45) is 2.16. The molecule has 0 bridgehead atoms. The van der Waals surface area contributed by atoms with E-state index in [0.717, 1.165) is 6.42 Å². The first-order valence-corrected chi connectivity index (χ1v) is 11.2. The molecule has 8 heteroatoms. The number of hydrogen-bond donors (Lipinski definition) is 1.